The molecule has 8 heteroatoms. The Morgan fingerprint density at radius 1 is 1.26 bits per heavy atom. The number of alkyl halides is 2. The Morgan fingerprint density at radius 2 is 2.11 bits per heavy atom. The number of fused-ring (bicyclic) bond motifs is 1. The maximum absolute atomic E-state index is 12.3. The molecule has 0 aliphatic rings. The molecule has 6 nitrogen and oxygen atoms in total. The van der Waals surface area contributed by atoms with Gasteiger partial charge in [0.2, 0.25) is 0 Å². The number of esters is 1. The van der Waals surface area contributed by atoms with Crippen LogP contribution in [0, 0.1) is 0 Å². The highest BCUT2D eigenvalue weighted by molar-refractivity contribution is 5.87. The number of hydrogen-bond acceptors (Lipinski definition) is 5. The number of carbonyl (C=O) groups excluding carboxylic acids is 1. The summed E-state index contributed by atoms with van der Waals surface area (Å²) in [6.07, 6.45) is 6.35. The molecule has 0 fully saturated rings. The number of benzene rings is 1. The van der Waals surface area contributed by atoms with E-state index in [2.05, 4.69) is 9.72 Å². The molecule has 2 heterocycles. The second kappa shape index (κ2) is 8.31. The predicted molar refractivity (Wildman–Crippen MR) is 93.6 cm³/mol. The summed E-state index contributed by atoms with van der Waals surface area (Å²) in [6, 6.07) is 9.92. The van der Waals surface area contributed by atoms with Crippen molar-refractivity contribution in [2.75, 3.05) is 7.11 Å². The largest absolute Gasteiger partial charge is 0.493 e. The van der Waals surface area contributed by atoms with Gasteiger partial charge in [0.25, 0.3) is 0 Å². The zero-order chi connectivity index (χ0) is 19.2. The van der Waals surface area contributed by atoms with Gasteiger partial charge >= 0.3 is 12.6 Å². The molecule has 0 radical (unpaired) electrons. The van der Waals surface area contributed by atoms with E-state index >= 15 is 0 Å². The fourth-order valence-electron chi connectivity index (χ4n) is 2.40. The zero-order valence-corrected chi connectivity index (χ0v) is 14.3. The summed E-state index contributed by atoms with van der Waals surface area (Å²) in [7, 11) is 1.34. The highest BCUT2D eigenvalue weighted by Gasteiger charge is 2.10. The molecule has 0 atom stereocenters. The van der Waals surface area contributed by atoms with E-state index in [1.165, 1.54) is 37.5 Å². The lowest BCUT2D eigenvalue weighted by molar-refractivity contribution is -0.139. The number of rotatable bonds is 7. The van der Waals surface area contributed by atoms with E-state index in [1.54, 1.807) is 6.20 Å². The molecule has 0 amide bonds. The van der Waals surface area contributed by atoms with E-state index in [4.69, 9.17) is 9.47 Å². The Balaban J connectivity index is 1.60. The molecular weight excluding hydrogens is 358 g/mol. The SMILES string of the molecule is COc1cc(/C=C/C(=O)OCc2cn3ccccc3n2)ccc1OC(F)F. The molecule has 3 rings (SSSR count). The third kappa shape index (κ3) is 4.81. The van der Waals surface area contributed by atoms with Crippen molar-refractivity contribution in [1.29, 1.82) is 0 Å². The summed E-state index contributed by atoms with van der Waals surface area (Å²) >= 11 is 0. The highest BCUT2D eigenvalue weighted by Crippen LogP contribution is 2.29. The molecule has 2 aromatic heterocycles. The minimum atomic E-state index is -2.95. The molecule has 0 bridgehead atoms. The van der Waals surface area contributed by atoms with Crippen LogP contribution in [0.25, 0.3) is 11.7 Å². The Labute approximate surface area is 153 Å². The first-order valence-corrected chi connectivity index (χ1v) is 7.95. The monoisotopic (exact) mass is 374 g/mol. The van der Waals surface area contributed by atoms with Gasteiger partial charge < -0.3 is 18.6 Å². The summed E-state index contributed by atoms with van der Waals surface area (Å²) < 4.78 is 41.0. The van der Waals surface area contributed by atoms with Gasteiger partial charge in [0.05, 0.1) is 12.8 Å². The van der Waals surface area contributed by atoms with Gasteiger partial charge in [0.1, 0.15) is 12.3 Å². The average Bonchev–Trinajstić information content (AvgIpc) is 3.08. The van der Waals surface area contributed by atoms with Crippen LogP contribution >= 0.6 is 0 Å². The number of halogens is 2. The molecule has 140 valence electrons. The number of methoxy groups -OCH3 is 1. The van der Waals surface area contributed by atoms with Gasteiger partial charge in [-0.3, -0.25) is 0 Å². The third-order valence-corrected chi connectivity index (χ3v) is 3.59. The summed E-state index contributed by atoms with van der Waals surface area (Å²) in [5.74, 6) is -0.506. The molecule has 0 unspecified atom stereocenters. The number of aromatic nitrogens is 2. The Hall–Kier alpha value is -3.42. The van der Waals surface area contributed by atoms with E-state index in [1.807, 2.05) is 28.8 Å². The van der Waals surface area contributed by atoms with Crippen molar-refractivity contribution in [3.63, 3.8) is 0 Å². The fourth-order valence-corrected chi connectivity index (χ4v) is 2.40. The lowest BCUT2D eigenvalue weighted by Gasteiger charge is -2.10. The summed E-state index contributed by atoms with van der Waals surface area (Å²) in [5.41, 5.74) is 1.95. The smallest absolute Gasteiger partial charge is 0.387 e. The van der Waals surface area contributed by atoms with Gasteiger partial charge in [0.15, 0.2) is 11.5 Å². The molecule has 3 aromatic rings. The Bertz CT molecular complexity index is 936. The molecular formula is C19H16F2N2O4. The number of nitrogens with zero attached hydrogens (tertiary/aromatic N) is 2. The summed E-state index contributed by atoms with van der Waals surface area (Å²) in [5, 5.41) is 0. The average molecular weight is 374 g/mol. The Morgan fingerprint density at radius 3 is 2.85 bits per heavy atom. The van der Waals surface area contributed by atoms with Gasteiger partial charge in [-0.15, -0.1) is 0 Å². The van der Waals surface area contributed by atoms with Crippen molar-refractivity contribution < 1.29 is 27.8 Å². The molecule has 0 spiro atoms. The van der Waals surface area contributed by atoms with Gasteiger partial charge in [-0.05, 0) is 35.9 Å². The molecule has 0 saturated carbocycles. The van der Waals surface area contributed by atoms with Gasteiger partial charge in [-0.1, -0.05) is 12.1 Å². The fraction of sp³-hybridized carbons (Fsp3) is 0.158. The van der Waals surface area contributed by atoms with Crippen LogP contribution in [0.4, 0.5) is 8.78 Å². The predicted octanol–water partition coefficient (Wildman–Crippen LogP) is 3.70. The van der Waals surface area contributed by atoms with E-state index in [-0.39, 0.29) is 18.1 Å². The standard InChI is InChI=1S/C19H16F2N2O4/c1-25-16-10-13(5-7-15(16)27-19(20)21)6-8-18(24)26-12-14-11-23-9-3-2-4-17(23)22-14/h2-11,19H,12H2,1H3/b8-6+. The number of ether oxygens (including phenoxy) is 3. The van der Waals surface area contributed by atoms with Crippen LogP contribution in [-0.4, -0.2) is 29.1 Å². The maximum atomic E-state index is 12.3. The van der Waals surface area contributed by atoms with E-state index < -0.39 is 12.6 Å². The van der Waals surface area contributed by atoms with Crippen LogP contribution in [-0.2, 0) is 16.1 Å². The minimum absolute atomic E-state index is 0.0370. The van der Waals surface area contributed by atoms with Crippen LogP contribution < -0.4 is 9.47 Å². The van der Waals surface area contributed by atoms with E-state index in [0.29, 0.717) is 11.3 Å². The minimum Gasteiger partial charge on any atom is -0.493 e. The quantitative estimate of drug-likeness (QED) is 0.466. The molecule has 1 aromatic carbocycles. The maximum Gasteiger partial charge on any atom is 0.387 e. The normalized spacial score (nSPS) is 11.3. The van der Waals surface area contributed by atoms with Crippen LogP contribution in [0.15, 0.2) is 54.9 Å². The number of hydrogen-bond donors (Lipinski definition) is 0. The van der Waals surface area contributed by atoms with Crippen LogP contribution in [0.3, 0.4) is 0 Å². The lowest BCUT2D eigenvalue weighted by atomic mass is 10.2. The van der Waals surface area contributed by atoms with Gasteiger partial charge in [-0.2, -0.15) is 8.78 Å². The van der Waals surface area contributed by atoms with Crippen LogP contribution in [0.5, 0.6) is 11.5 Å². The van der Waals surface area contributed by atoms with Gasteiger partial charge in [-0.25, -0.2) is 9.78 Å². The second-order valence-electron chi connectivity index (χ2n) is 5.43. The number of carbonyl (C=O) groups is 1. The molecule has 0 saturated heterocycles. The molecule has 0 aliphatic carbocycles. The van der Waals surface area contributed by atoms with Crippen molar-refractivity contribution in [1.82, 2.24) is 9.38 Å². The first-order chi connectivity index (χ1) is 13.0. The Kier molecular flexibility index (Phi) is 5.65. The van der Waals surface area contributed by atoms with E-state index in [9.17, 15) is 13.6 Å². The van der Waals surface area contributed by atoms with E-state index in [0.717, 1.165) is 5.65 Å². The summed E-state index contributed by atoms with van der Waals surface area (Å²) in [6.45, 7) is -2.91. The van der Waals surface area contributed by atoms with Gasteiger partial charge in [0, 0.05) is 18.5 Å². The second-order valence-corrected chi connectivity index (χ2v) is 5.43. The summed E-state index contributed by atoms with van der Waals surface area (Å²) in [4.78, 5) is 16.2. The van der Waals surface area contributed by atoms with Crippen molar-refractivity contribution in [3.8, 4) is 11.5 Å². The third-order valence-electron chi connectivity index (χ3n) is 3.59. The number of pyridine rings is 1. The zero-order valence-electron chi connectivity index (χ0n) is 14.3. The molecule has 0 N–H and O–H groups in total. The van der Waals surface area contributed by atoms with Crippen LogP contribution in [0.2, 0.25) is 0 Å². The molecule has 0 aliphatic heterocycles. The van der Waals surface area contributed by atoms with Crippen molar-refractivity contribution in [2.45, 2.75) is 13.2 Å². The highest BCUT2D eigenvalue weighted by atomic mass is 19.3. The lowest BCUT2D eigenvalue weighted by Crippen LogP contribution is -2.03. The first kappa shape index (κ1) is 18.4. The van der Waals surface area contributed by atoms with Crippen molar-refractivity contribution >= 4 is 17.7 Å². The van der Waals surface area contributed by atoms with Crippen molar-refractivity contribution in [2.24, 2.45) is 0 Å². The van der Waals surface area contributed by atoms with Crippen LogP contribution in [0.1, 0.15) is 11.3 Å². The molecule has 27 heavy (non-hydrogen) atoms. The van der Waals surface area contributed by atoms with Crippen molar-refractivity contribution in [3.05, 3.63) is 66.1 Å². The number of imidazole rings is 1. The topological polar surface area (TPSA) is 62.1 Å². The first-order valence-electron chi connectivity index (χ1n) is 7.95.